The molecule has 21 heavy (non-hydrogen) atoms. The lowest BCUT2D eigenvalue weighted by Gasteiger charge is -2.12. The zero-order chi connectivity index (χ0) is 15.4. The molecule has 3 nitrogen and oxygen atoms in total. The van der Waals surface area contributed by atoms with Crippen LogP contribution in [0.2, 0.25) is 5.02 Å². The molecule has 0 spiro atoms. The summed E-state index contributed by atoms with van der Waals surface area (Å²) in [4.78, 5) is 12.3. The van der Waals surface area contributed by atoms with Crippen LogP contribution >= 0.6 is 27.5 Å². The Bertz CT molecular complexity index is 635. The van der Waals surface area contributed by atoms with E-state index in [9.17, 15) is 4.79 Å². The number of halogens is 2. The molecule has 0 radical (unpaired) electrons. The van der Waals surface area contributed by atoms with Gasteiger partial charge in [-0.1, -0.05) is 25.4 Å². The summed E-state index contributed by atoms with van der Waals surface area (Å²) in [7, 11) is 0. The zero-order valence-electron chi connectivity index (χ0n) is 12.1. The van der Waals surface area contributed by atoms with Gasteiger partial charge in [0.25, 0.3) is 0 Å². The lowest BCUT2D eigenvalue weighted by Crippen LogP contribution is -2.09. The highest BCUT2D eigenvalue weighted by Crippen LogP contribution is 2.24. The summed E-state index contributed by atoms with van der Waals surface area (Å²) in [6, 6.07) is 7.54. The molecule has 0 unspecified atom stereocenters. The quantitative estimate of drug-likeness (QED) is 0.665. The SMILES string of the molecule is CCC(CC)n1ccc(CC(=O)c2ccc(Cl)c(Br)c2)n1. The summed E-state index contributed by atoms with van der Waals surface area (Å²) in [6.07, 6.45) is 4.34. The van der Waals surface area contributed by atoms with Crippen molar-refractivity contribution in [3.8, 4) is 0 Å². The number of Topliss-reactive ketones (excluding diaryl/α,β-unsaturated/α-hetero) is 1. The van der Waals surface area contributed by atoms with E-state index in [4.69, 9.17) is 11.6 Å². The van der Waals surface area contributed by atoms with Crippen molar-refractivity contribution >= 4 is 33.3 Å². The van der Waals surface area contributed by atoms with Gasteiger partial charge >= 0.3 is 0 Å². The topological polar surface area (TPSA) is 34.9 Å². The highest BCUT2D eigenvalue weighted by Gasteiger charge is 2.13. The van der Waals surface area contributed by atoms with Crippen molar-refractivity contribution < 1.29 is 4.79 Å². The largest absolute Gasteiger partial charge is 0.294 e. The average molecular weight is 370 g/mol. The molecule has 0 saturated heterocycles. The van der Waals surface area contributed by atoms with E-state index in [0.29, 0.717) is 23.0 Å². The van der Waals surface area contributed by atoms with Gasteiger partial charge in [0.2, 0.25) is 0 Å². The summed E-state index contributed by atoms with van der Waals surface area (Å²) in [5, 5.41) is 5.12. The minimum absolute atomic E-state index is 0.0437. The molecule has 0 N–H and O–H groups in total. The molecular weight excluding hydrogens is 352 g/mol. The summed E-state index contributed by atoms with van der Waals surface area (Å²) in [5.74, 6) is 0.0437. The normalized spacial score (nSPS) is 11.1. The third kappa shape index (κ3) is 3.95. The Morgan fingerprint density at radius 2 is 2.05 bits per heavy atom. The number of nitrogens with zero attached hydrogens (tertiary/aromatic N) is 2. The van der Waals surface area contributed by atoms with Crippen LogP contribution in [-0.4, -0.2) is 15.6 Å². The fourth-order valence-corrected chi connectivity index (χ4v) is 2.77. The third-order valence-electron chi connectivity index (χ3n) is 3.56. The van der Waals surface area contributed by atoms with Crippen LogP contribution in [0.1, 0.15) is 48.8 Å². The minimum Gasteiger partial charge on any atom is -0.294 e. The standard InChI is InChI=1S/C16H18BrClN2O/c1-3-13(4-2)20-8-7-12(19-20)10-16(21)11-5-6-15(18)14(17)9-11/h5-9,13H,3-4,10H2,1-2H3. The molecule has 2 rings (SSSR count). The predicted molar refractivity (Wildman–Crippen MR) is 89.0 cm³/mol. The Kier molecular flexibility index (Phi) is 5.59. The molecule has 0 bridgehead atoms. The van der Waals surface area contributed by atoms with Crippen LogP contribution in [0.15, 0.2) is 34.9 Å². The number of rotatable bonds is 6. The van der Waals surface area contributed by atoms with Gasteiger partial charge in [0.05, 0.1) is 23.2 Å². The van der Waals surface area contributed by atoms with Crippen molar-refractivity contribution in [1.29, 1.82) is 0 Å². The first-order valence-electron chi connectivity index (χ1n) is 7.07. The second kappa shape index (κ2) is 7.23. The molecule has 112 valence electrons. The van der Waals surface area contributed by atoms with E-state index >= 15 is 0 Å². The summed E-state index contributed by atoms with van der Waals surface area (Å²) in [5.41, 5.74) is 1.45. The van der Waals surface area contributed by atoms with E-state index in [0.717, 1.165) is 23.0 Å². The van der Waals surface area contributed by atoms with Gasteiger partial charge in [-0.05, 0) is 53.0 Å². The highest BCUT2D eigenvalue weighted by molar-refractivity contribution is 9.10. The van der Waals surface area contributed by atoms with Crippen LogP contribution < -0.4 is 0 Å². The first-order valence-corrected chi connectivity index (χ1v) is 8.24. The van der Waals surface area contributed by atoms with Gasteiger partial charge in [-0.2, -0.15) is 5.10 Å². The maximum atomic E-state index is 12.3. The van der Waals surface area contributed by atoms with Crippen LogP contribution in [0.25, 0.3) is 0 Å². The van der Waals surface area contributed by atoms with Crippen molar-refractivity contribution in [2.75, 3.05) is 0 Å². The van der Waals surface area contributed by atoms with Crippen LogP contribution in [0, 0.1) is 0 Å². The second-order valence-electron chi connectivity index (χ2n) is 4.99. The van der Waals surface area contributed by atoms with Gasteiger partial charge in [-0.15, -0.1) is 0 Å². The van der Waals surface area contributed by atoms with Crippen LogP contribution in [0.3, 0.4) is 0 Å². The Morgan fingerprint density at radius 1 is 1.33 bits per heavy atom. The molecule has 0 amide bonds. The molecule has 0 atom stereocenters. The third-order valence-corrected chi connectivity index (χ3v) is 4.78. The Morgan fingerprint density at radius 3 is 2.67 bits per heavy atom. The lowest BCUT2D eigenvalue weighted by atomic mass is 10.1. The molecular formula is C16H18BrClN2O. The van der Waals surface area contributed by atoms with Gasteiger partial charge in [-0.3, -0.25) is 9.48 Å². The van der Waals surface area contributed by atoms with E-state index in [1.807, 2.05) is 16.9 Å². The number of hydrogen-bond acceptors (Lipinski definition) is 2. The first kappa shape index (κ1) is 16.2. The Hall–Kier alpha value is -1.13. The number of carbonyl (C=O) groups excluding carboxylic acids is 1. The fraction of sp³-hybridized carbons (Fsp3) is 0.375. The van der Waals surface area contributed by atoms with Crippen LogP contribution in [0.4, 0.5) is 0 Å². The monoisotopic (exact) mass is 368 g/mol. The van der Waals surface area contributed by atoms with Crippen molar-refractivity contribution in [2.45, 2.75) is 39.2 Å². The zero-order valence-corrected chi connectivity index (χ0v) is 14.5. The van der Waals surface area contributed by atoms with E-state index < -0.39 is 0 Å². The van der Waals surface area contributed by atoms with Gasteiger partial charge in [-0.25, -0.2) is 0 Å². The van der Waals surface area contributed by atoms with Gasteiger partial charge in [0, 0.05) is 16.2 Å². The van der Waals surface area contributed by atoms with Crippen molar-refractivity contribution in [1.82, 2.24) is 9.78 Å². The molecule has 1 heterocycles. The number of benzene rings is 1. The van der Waals surface area contributed by atoms with Crippen LogP contribution in [0.5, 0.6) is 0 Å². The fourth-order valence-electron chi connectivity index (χ4n) is 2.27. The summed E-state index contributed by atoms with van der Waals surface area (Å²) >= 11 is 9.28. The highest BCUT2D eigenvalue weighted by atomic mass is 79.9. The summed E-state index contributed by atoms with van der Waals surface area (Å²) < 4.78 is 2.69. The maximum Gasteiger partial charge on any atom is 0.168 e. The smallest absolute Gasteiger partial charge is 0.168 e. The van der Waals surface area contributed by atoms with Crippen LogP contribution in [-0.2, 0) is 6.42 Å². The van der Waals surface area contributed by atoms with Crippen molar-refractivity contribution in [2.24, 2.45) is 0 Å². The molecule has 1 aromatic carbocycles. The molecule has 0 aliphatic heterocycles. The number of aromatic nitrogens is 2. The number of carbonyl (C=O) groups is 1. The van der Waals surface area contributed by atoms with Gasteiger partial charge in [0.15, 0.2) is 5.78 Å². The minimum atomic E-state index is 0.0437. The lowest BCUT2D eigenvalue weighted by molar-refractivity contribution is 0.0991. The molecule has 0 fully saturated rings. The average Bonchev–Trinajstić information content (AvgIpc) is 2.91. The second-order valence-corrected chi connectivity index (χ2v) is 6.25. The maximum absolute atomic E-state index is 12.3. The molecule has 0 saturated carbocycles. The first-order chi connectivity index (χ1) is 10.0. The van der Waals surface area contributed by atoms with Gasteiger partial charge < -0.3 is 0 Å². The predicted octanol–water partition coefficient (Wildman–Crippen LogP) is 5.09. The molecule has 0 aliphatic carbocycles. The van der Waals surface area contributed by atoms with Gasteiger partial charge in [0.1, 0.15) is 0 Å². The van der Waals surface area contributed by atoms with E-state index in [1.165, 1.54) is 0 Å². The molecule has 0 aliphatic rings. The number of ketones is 1. The molecule has 2 aromatic rings. The Balaban J connectivity index is 2.11. The van der Waals surface area contributed by atoms with Crippen molar-refractivity contribution in [3.63, 3.8) is 0 Å². The summed E-state index contributed by atoms with van der Waals surface area (Å²) in [6.45, 7) is 4.29. The number of hydrogen-bond donors (Lipinski definition) is 0. The van der Waals surface area contributed by atoms with E-state index in [2.05, 4.69) is 34.9 Å². The molecule has 1 aromatic heterocycles. The van der Waals surface area contributed by atoms with Crippen molar-refractivity contribution in [3.05, 3.63) is 51.2 Å². The van der Waals surface area contributed by atoms with E-state index in [1.54, 1.807) is 18.2 Å². The van der Waals surface area contributed by atoms with E-state index in [-0.39, 0.29) is 5.78 Å². The molecule has 5 heteroatoms. The Labute approximate surface area is 138 Å².